The SMILES string of the molecule is CSCCCCCCCCCCCOCCC(=O)O. The molecule has 0 bridgehead atoms. The lowest BCUT2D eigenvalue weighted by atomic mass is 10.1. The van der Waals surface area contributed by atoms with Gasteiger partial charge in [-0.25, -0.2) is 0 Å². The van der Waals surface area contributed by atoms with Gasteiger partial charge in [0.05, 0.1) is 13.0 Å². The van der Waals surface area contributed by atoms with E-state index in [0.717, 1.165) is 6.42 Å². The number of thioether (sulfide) groups is 1. The van der Waals surface area contributed by atoms with Crippen molar-refractivity contribution in [3.63, 3.8) is 0 Å². The topological polar surface area (TPSA) is 46.5 Å². The van der Waals surface area contributed by atoms with Gasteiger partial charge >= 0.3 is 5.97 Å². The van der Waals surface area contributed by atoms with Crippen LogP contribution in [0.3, 0.4) is 0 Å². The smallest absolute Gasteiger partial charge is 0.305 e. The molecule has 0 aliphatic heterocycles. The summed E-state index contributed by atoms with van der Waals surface area (Å²) >= 11 is 1.94. The van der Waals surface area contributed by atoms with E-state index in [-0.39, 0.29) is 6.42 Å². The summed E-state index contributed by atoms with van der Waals surface area (Å²) in [7, 11) is 0. The van der Waals surface area contributed by atoms with Crippen LogP contribution in [0.2, 0.25) is 0 Å². The van der Waals surface area contributed by atoms with Crippen LogP contribution < -0.4 is 0 Å². The Balaban J connectivity index is 2.93. The number of hydrogen-bond donors (Lipinski definition) is 1. The first kappa shape index (κ1) is 18.8. The molecule has 114 valence electrons. The largest absolute Gasteiger partial charge is 0.481 e. The highest BCUT2D eigenvalue weighted by atomic mass is 32.2. The van der Waals surface area contributed by atoms with E-state index in [1.54, 1.807) is 0 Å². The minimum Gasteiger partial charge on any atom is -0.481 e. The predicted molar refractivity (Wildman–Crippen MR) is 83.0 cm³/mol. The van der Waals surface area contributed by atoms with Gasteiger partial charge in [-0.15, -0.1) is 0 Å². The van der Waals surface area contributed by atoms with Gasteiger partial charge in [0.15, 0.2) is 0 Å². The minimum atomic E-state index is -0.780. The monoisotopic (exact) mass is 290 g/mol. The number of ether oxygens (including phenoxy) is 1. The molecule has 0 aromatic rings. The van der Waals surface area contributed by atoms with Gasteiger partial charge in [0.2, 0.25) is 0 Å². The van der Waals surface area contributed by atoms with Gasteiger partial charge in [0, 0.05) is 6.61 Å². The van der Waals surface area contributed by atoms with Gasteiger partial charge < -0.3 is 9.84 Å². The van der Waals surface area contributed by atoms with Crippen molar-refractivity contribution in [2.45, 2.75) is 64.2 Å². The van der Waals surface area contributed by atoms with Crippen LogP contribution in [0.15, 0.2) is 0 Å². The number of carboxylic acid groups (broad SMARTS) is 1. The molecule has 0 aromatic carbocycles. The van der Waals surface area contributed by atoms with E-state index < -0.39 is 5.97 Å². The lowest BCUT2D eigenvalue weighted by Gasteiger charge is -2.03. The van der Waals surface area contributed by atoms with Crippen molar-refractivity contribution in [3.05, 3.63) is 0 Å². The molecule has 0 unspecified atom stereocenters. The second-order valence-electron chi connectivity index (χ2n) is 4.93. The molecule has 0 aliphatic carbocycles. The Labute approximate surface area is 122 Å². The van der Waals surface area contributed by atoms with Crippen LogP contribution in [0.1, 0.15) is 64.2 Å². The average molecular weight is 290 g/mol. The molecular weight excluding hydrogens is 260 g/mol. The van der Waals surface area contributed by atoms with Gasteiger partial charge in [-0.05, 0) is 24.9 Å². The fourth-order valence-electron chi connectivity index (χ4n) is 1.95. The fourth-order valence-corrected chi connectivity index (χ4v) is 2.44. The van der Waals surface area contributed by atoms with E-state index in [4.69, 9.17) is 9.84 Å². The van der Waals surface area contributed by atoms with Crippen LogP contribution in [0.5, 0.6) is 0 Å². The first-order chi connectivity index (χ1) is 9.27. The van der Waals surface area contributed by atoms with E-state index in [9.17, 15) is 4.79 Å². The van der Waals surface area contributed by atoms with Crippen molar-refractivity contribution >= 4 is 17.7 Å². The third-order valence-electron chi connectivity index (χ3n) is 3.10. The number of aliphatic carboxylic acids is 1. The Bertz CT molecular complexity index is 198. The Hall–Kier alpha value is -0.220. The van der Waals surface area contributed by atoms with Crippen molar-refractivity contribution < 1.29 is 14.6 Å². The minimum absolute atomic E-state index is 0.122. The molecule has 1 N–H and O–H groups in total. The summed E-state index contributed by atoms with van der Waals surface area (Å²) in [6.07, 6.45) is 14.1. The second-order valence-corrected chi connectivity index (χ2v) is 5.92. The van der Waals surface area contributed by atoms with Crippen LogP contribution in [0.4, 0.5) is 0 Å². The van der Waals surface area contributed by atoms with Gasteiger partial charge in [-0.3, -0.25) is 4.79 Å². The molecule has 0 heterocycles. The molecule has 19 heavy (non-hydrogen) atoms. The Kier molecular flexibility index (Phi) is 15.7. The molecular formula is C15H30O3S. The van der Waals surface area contributed by atoms with Crippen LogP contribution >= 0.6 is 11.8 Å². The third-order valence-corrected chi connectivity index (χ3v) is 3.79. The summed E-state index contributed by atoms with van der Waals surface area (Å²) in [5, 5.41) is 8.42. The van der Waals surface area contributed by atoms with E-state index in [2.05, 4.69) is 6.26 Å². The number of carboxylic acids is 1. The Morgan fingerprint density at radius 2 is 1.42 bits per heavy atom. The van der Waals surface area contributed by atoms with Crippen LogP contribution in [-0.2, 0) is 9.53 Å². The summed E-state index contributed by atoms with van der Waals surface area (Å²) in [6, 6.07) is 0. The molecule has 0 atom stereocenters. The predicted octanol–water partition coefficient (Wildman–Crippen LogP) is 4.35. The maximum atomic E-state index is 10.2. The highest BCUT2D eigenvalue weighted by molar-refractivity contribution is 7.98. The van der Waals surface area contributed by atoms with Crippen molar-refractivity contribution in [2.75, 3.05) is 25.2 Å². The molecule has 0 saturated carbocycles. The van der Waals surface area contributed by atoms with Gasteiger partial charge in [-0.2, -0.15) is 11.8 Å². The molecule has 0 radical (unpaired) electrons. The van der Waals surface area contributed by atoms with Crippen molar-refractivity contribution in [3.8, 4) is 0 Å². The maximum Gasteiger partial charge on any atom is 0.305 e. The highest BCUT2D eigenvalue weighted by Gasteiger charge is 1.96. The maximum absolute atomic E-state index is 10.2. The van der Waals surface area contributed by atoms with Crippen LogP contribution in [0.25, 0.3) is 0 Å². The number of rotatable bonds is 15. The normalized spacial score (nSPS) is 10.8. The Morgan fingerprint density at radius 3 is 1.95 bits per heavy atom. The second kappa shape index (κ2) is 15.8. The molecule has 3 nitrogen and oxygen atoms in total. The molecule has 0 rings (SSSR count). The molecule has 0 saturated heterocycles. The number of carbonyl (C=O) groups is 1. The lowest BCUT2D eigenvalue weighted by Crippen LogP contribution is -2.03. The summed E-state index contributed by atoms with van der Waals surface area (Å²) < 4.78 is 5.24. The molecule has 4 heteroatoms. The van der Waals surface area contributed by atoms with E-state index in [0.29, 0.717) is 13.2 Å². The van der Waals surface area contributed by atoms with Gasteiger partial charge in [-0.1, -0.05) is 44.9 Å². The third kappa shape index (κ3) is 17.8. The highest BCUT2D eigenvalue weighted by Crippen LogP contribution is 2.10. The summed E-state index contributed by atoms with van der Waals surface area (Å²) in [5.41, 5.74) is 0. The number of hydrogen-bond acceptors (Lipinski definition) is 3. The van der Waals surface area contributed by atoms with Gasteiger partial charge in [0.1, 0.15) is 0 Å². The van der Waals surface area contributed by atoms with Crippen LogP contribution in [0, 0.1) is 0 Å². The first-order valence-electron chi connectivity index (χ1n) is 7.56. The average Bonchev–Trinajstić information content (AvgIpc) is 2.39. The van der Waals surface area contributed by atoms with Crippen molar-refractivity contribution in [1.29, 1.82) is 0 Å². The molecule has 0 aromatic heterocycles. The summed E-state index contributed by atoms with van der Waals surface area (Å²) in [4.78, 5) is 10.2. The molecule has 0 aliphatic rings. The Morgan fingerprint density at radius 1 is 0.895 bits per heavy atom. The summed E-state index contributed by atoms with van der Waals surface area (Å²) in [6.45, 7) is 1.06. The van der Waals surface area contributed by atoms with E-state index in [1.807, 2.05) is 11.8 Å². The number of unbranched alkanes of at least 4 members (excludes halogenated alkanes) is 8. The quantitative estimate of drug-likeness (QED) is 0.455. The summed E-state index contributed by atoms with van der Waals surface area (Å²) in [5.74, 6) is 0.527. The van der Waals surface area contributed by atoms with E-state index >= 15 is 0 Å². The van der Waals surface area contributed by atoms with Crippen molar-refractivity contribution in [2.24, 2.45) is 0 Å². The zero-order valence-corrected chi connectivity index (χ0v) is 13.2. The molecule has 0 amide bonds. The molecule has 0 fully saturated rings. The molecule has 0 spiro atoms. The first-order valence-corrected chi connectivity index (χ1v) is 8.95. The van der Waals surface area contributed by atoms with Crippen LogP contribution in [-0.4, -0.2) is 36.3 Å². The zero-order valence-electron chi connectivity index (χ0n) is 12.4. The van der Waals surface area contributed by atoms with Gasteiger partial charge in [0.25, 0.3) is 0 Å². The lowest BCUT2D eigenvalue weighted by molar-refractivity contribution is -0.138. The fraction of sp³-hybridized carbons (Fsp3) is 0.933. The zero-order chi connectivity index (χ0) is 14.2. The van der Waals surface area contributed by atoms with E-state index in [1.165, 1.54) is 57.1 Å². The standard InChI is InChI=1S/C15H30O3S/c1-19-14-10-8-6-4-2-3-5-7-9-12-18-13-11-15(16)17/h2-14H2,1H3,(H,16,17). The van der Waals surface area contributed by atoms with Crippen molar-refractivity contribution in [1.82, 2.24) is 0 Å².